The van der Waals surface area contributed by atoms with Crippen LogP contribution in [0.1, 0.15) is 30.0 Å². The lowest BCUT2D eigenvalue weighted by atomic mass is 9.94. The highest BCUT2D eigenvalue weighted by molar-refractivity contribution is 6.01. The normalized spacial score (nSPS) is 16.2. The Morgan fingerprint density at radius 2 is 1.64 bits per heavy atom. The Balaban J connectivity index is 1.65. The number of carbonyl (C=O) groups is 1. The van der Waals surface area contributed by atoms with Gasteiger partial charge in [-0.1, -0.05) is 65.3 Å². The van der Waals surface area contributed by atoms with Crippen LogP contribution in [0.5, 0.6) is 0 Å². The lowest BCUT2D eigenvalue weighted by molar-refractivity contribution is 0.244. The van der Waals surface area contributed by atoms with Crippen molar-refractivity contribution >= 4 is 17.3 Å². The van der Waals surface area contributed by atoms with Crippen molar-refractivity contribution in [1.82, 2.24) is 15.5 Å². The van der Waals surface area contributed by atoms with Crippen LogP contribution < -0.4 is 10.2 Å². The molecule has 0 bridgehead atoms. The van der Waals surface area contributed by atoms with E-state index in [1.54, 1.807) is 17.0 Å². The molecule has 164 valence electrons. The number of halogens is 1. The first kappa shape index (κ1) is 20.6. The van der Waals surface area contributed by atoms with Gasteiger partial charge >= 0.3 is 6.03 Å². The number of nitrogens with one attached hydrogen (secondary N) is 1. The molecule has 0 aliphatic carbocycles. The van der Waals surface area contributed by atoms with Crippen molar-refractivity contribution in [1.29, 1.82) is 0 Å². The molecule has 0 saturated heterocycles. The standard InChI is InChI=1S/C26H21FN4O2/c1-16-8-14-21(15-9-16)31-17(2)22(23(28-26(31)32)18-10-12-20(27)13-11-18)25-29-24(30-33-25)19-6-4-3-5-7-19/h3-15,23H,1-2H3,(H,28,32). The monoisotopic (exact) mass is 440 g/mol. The van der Waals surface area contributed by atoms with Crippen LogP contribution in [-0.4, -0.2) is 16.2 Å². The molecule has 0 saturated carbocycles. The largest absolute Gasteiger partial charge is 0.334 e. The molecule has 1 aromatic heterocycles. The summed E-state index contributed by atoms with van der Waals surface area (Å²) >= 11 is 0. The lowest BCUT2D eigenvalue weighted by Gasteiger charge is -2.35. The van der Waals surface area contributed by atoms with Gasteiger partial charge in [0.05, 0.1) is 17.3 Å². The van der Waals surface area contributed by atoms with E-state index in [9.17, 15) is 9.18 Å². The number of rotatable bonds is 4. The van der Waals surface area contributed by atoms with Crippen LogP contribution in [0.25, 0.3) is 17.0 Å². The van der Waals surface area contributed by atoms with Crippen molar-refractivity contribution < 1.29 is 13.7 Å². The summed E-state index contributed by atoms with van der Waals surface area (Å²) in [6.45, 7) is 3.83. The summed E-state index contributed by atoms with van der Waals surface area (Å²) in [4.78, 5) is 19.4. The minimum atomic E-state index is -0.580. The molecule has 6 nitrogen and oxygen atoms in total. The van der Waals surface area contributed by atoms with Crippen molar-refractivity contribution in [3.63, 3.8) is 0 Å². The summed E-state index contributed by atoms with van der Waals surface area (Å²) in [6.07, 6.45) is 0. The molecule has 1 unspecified atom stereocenters. The summed E-state index contributed by atoms with van der Waals surface area (Å²) < 4.78 is 19.3. The maximum Gasteiger partial charge on any atom is 0.326 e. The first-order valence-electron chi connectivity index (χ1n) is 10.5. The number of urea groups is 1. The van der Waals surface area contributed by atoms with E-state index in [0.29, 0.717) is 28.3 Å². The molecule has 1 N–H and O–H groups in total. The predicted molar refractivity (Wildman–Crippen MR) is 124 cm³/mol. The van der Waals surface area contributed by atoms with E-state index in [2.05, 4.69) is 15.5 Å². The second kappa shape index (κ2) is 8.35. The Kier molecular flexibility index (Phi) is 5.22. The molecule has 1 aliphatic heterocycles. The van der Waals surface area contributed by atoms with Gasteiger partial charge in [0, 0.05) is 11.3 Å². The summed E-state index contributed by atoms with van der Waals surface area (Å²) in [5.41, 5.74) is 4.64. The minimum absolute atomic E-state index is 0.290. The van der Waals surface area contributed by atoms with Gasteiger partial charge in [0.2, 0.25) is 5.82 Å². The zero-order valence-electron chi connectivity index (χ0n) is 18.1. The van der Waals surface area contributed by atoms with E-state index < -0.39 is 6.04 Å². The SMILES string of the molecule is CC1=C(c2nc(-c3ccccc3)no2)C(c2ccc(F)cc2)NC(=O)N1c1ccc(C)cc1. The molecule has 1 atom stereocenters. The number of amides is 2. The van der Waals surface area contributed by atoms with Crippen molar-refractivity contribution in [2.24, 2.45) is 0 Å². The number of carbonyl (C=O) groups excluding carboxylic acids is 1. The van der Waals surface area contributed by atoms with Crippen LogP contribution in [0, 0.1) is 12.7 Å². The van der Waals surface area contributed by atoms with Gasteiger partial charge in [-0.2, -0.15) is 4.98 Å². The van der Waals surface area contributed by atoms with Gasteiger partial charge in [0.25, 0.3) is 5.89 Å². The Morgan fingerprint density at radius 1 is 0.939 bits per heavy atom. The van der Waals surface area contributed by atoms with Crippen molar-refractivity contribution in [3.05, 3.63) is 107 Å². The Morgan fingerprint density at radius 3 is 2.33 bits per heavy atom. The fourth-order valence-electron chi connectivity index (χ4n) is 3.97. The molecule has 3 aromatic carbocycles. The van der Waals surface area contributed by atoms with E-state index in [4.69, 9.17) is 4.52 Å². The number of hydrogen-bond acceptors (Lipinski definition) is 4. The fourth-order valence-corrected chi connectivity index (χ4v) is 3.97. The number of aryl methyl sites for hydroxylation is 1. The first-order valence-corrected chi connectivity index (χ1v) is 10.5. The van der Waals surface area contributed by atoms with E-state index in [1.807, 2.05) is 68.4 Å². The minimum Gasteiger partial charge on any atom is -0.334 e. The van der Waals surface area contributed by atoms with Gasteiger partial charge in [-0.05, 0) is 43.7 Å². The third kappa shape index (κ3) is 3.89. The Labute approximate surface area is 190 Å². The number of anilines is 1. The fraction of sp³-hybridized carbons (Fsp3) is 0.115. The molecule has 2 amide bonds. The smallest absolute Gasteiger partial charge is 0.326 e. The lowest BCUT2D eigenvalue weighted by Crippen LogP contribution is -2.46. The Bertz CT molecular complexity index is 1330. The van der Waals surface area contributed by atoms with Gasteiger partial charge < -0.3 is 9.84 Å². The third-order valence-electron chi connectivity index (χ3n) is 5.67. The number of nitrogens with zero attached hydrogens (tertiary/aromatic N) is 3. The number of aromatic nitrogens is 2. The van der Waals surface area contributed by atoms with Crippen LogP contribution in [0.2, 0.25) is 0 Å². The number of benzene rings is 3. The third-order valence-corrected chi connectivity index (χ3v) is 5.67. The quantitative estimate of drug-likeness (QED) is 0.430. The second-order valence-corrected chi connectivity index (χ2v) is 7.89. The number of hydrogen-bond donors (Lipinski definition) is 1. The second-order valence-electron chi connectivity index (χ2n) is 7.89. The van der Waals surface area contributed by atoms with Gasteiger partial charge in [-0.15, -0.1) is 0 Å². The molecular weight excluding hydrogens is 419 g/mol. The highest BCUT2D eigenvalue weighted by Crippen LogP contribution is 2.39. The van der Waals surface area contributed by atoms with Gasteiger partial charge in [-0.25, -0.2) is 9.18 Å². The topological polar surface area (TPSA) is 71.3 Å². The Hall–Kier alpha value is -4.26. The predicted octanol–water partition coefficient (Wildman–Crippen LogP) is 5.89. The van der Waals surface area contributed by atoms with Gasteiger partial charge in [0.1, 0.15) is 5.82 Å². The maximum atomic E-state index is 13.6. The summed E-state index contributed by atoms with van der Waals surface area (Å²) in [6, 6.07) is 22.3. The van der Waals surface area contributed by atoms with Crippen LogP contribution in [0.4, 0.5) is 14.9 Å². The molecule has 1 aliphatic rings. The van der Waals surface area contributed by atoms with E-state index in [0.717, 1.165) is 11.1 Å². The van der Waals surface area contributed by atoms with Gasteiger partial charge in [0.15, 0.2) is 0 Å². The number of allylic oxidation sites excluding steroid dienone is 1. The molecular formula is C26H21FN4O2. The summed E-state index contributed by atoms with van der Waals surface area (Å²) in [7, 11) is 0. The van der Waals surface area contributed by atoms with Crippen molar-refractivity contribution in [2.75, 3.05) is 4.90 Å². The zero-order valence-corrected chi connectivity index (χ0v) is 18.1. The van der Waals surface area contributed by atoms with E-state index in [-0.39, 0.29) is 17.7 Å². The molecule has 2 heterocycles. The van der Waals surface area contributed by atoms with Crippen molar-refractivity contribution in [2.45, 2.75) is 19.9 Å². The molecule has 0 spiro atoms. The van der Waals surface area contributed by atoms with E-state index in [1.165, 1.54) is 12.1 Å². The van der Waals surface area contributed by atoms with Gasteiger partial charge in [-0.3, -0.25) is 4.90 Å². The average Bonchev–Trinajstić information content (AvgIpc) is 3.31. The molecule has 7 heteroatoms. The summed E-state index contributed by atoms with van der Waals surface area (Å²) in [5, 5.41) is 7.18. The van der Waals surface area contributed by atoms with Crippen LogP contribution >= 0.6 is 0 Å². The van der Waals surface area contributed by atoms with Crippen LogP contribution in [-0.2, 0) is 0 Å². The van der Waals surface area contributed by atoms with Crippen molar-refractivity contribution in [3.8, 4) is 11.4 Å². The summed E-state index contributed by atoms with van der Waals surface area (Å²) in [5.74, 6) is 0.383. The molecule has 33 heavy (non-hydrogen) atoms. The highest BCUT2D eigenvalue weighted by Gasteiger charge is 2.36. The van der Waals surface area contributed by atoms with Crippen LogP contribution in [0.3, 0.4) is 0 Å². The molecule has 4 aromatic rings. The zero-order chi connectivity index (χ0) is 22.9. The first-order chi connectivity index (χ1) is 16.0. The maximum absolute atomic E-state index is 13.6. The van der Waals surface area contributed by atoms with E-state index >= 15 is 0 Å². The highest BCUT2D eigenvalue weighted by atomic mass is 19.1. The average molecular weight is 440 g/mol. The molecule has 5 rings (SSSR count). The van der Waals surface area contributed by atoms with Crippen LogP contribution in [0.15, 0.2) is 89.1 Å². The molecule has 0 fully saturated rings. The molecule has 0 radical (unpaired) electrons.